The zero-order valence-corrected chi connectivity index (χ0v) is 14.5. The van der Waals surface area contributed by atoms with Crippen molar-refractivity contribution >= 4 is 23.0 Å². The smallest absolute Gasteiger partial charge is 0.419 e. The number of carbonyl (C=O) groups excluding carboxylic acids is 1. The van der Waals surface area contributed by atoms with Gasteiger partial charge in [0, 0.05) is 19.0 Å². The third-order valence-corrected chi connectivity index (χ3v) is 5.78. The van der Waals surface area contributed by atoms with Crippen LogP contribution < -0.4 is 5.76 Å². The topological polar surface area (TPSA) is 92.8 Å². The summed E-state index contributed by atoms with van der Waals surface area (Å²) in [6.45, 7) is 0.189. The Labute approximate surface area is 150 Å². The lowest BCUT2D eigenvalue weighted by molar-refractivity contribution is -0.150. The van der Waals surface area contributed by atoms with E-state index in [0.717, 1.165) is 25.7 Å². The van der Waals surface area contributed by atoms with Gasteiger partial charge in [-0.05, 0) is 37.3 Å². The van der Waals surface area contributed by atoms with Crippen LogP contribution in [-0.4, -0.2) is 38.5 Å². The van der Waals surface area contributed by atoms with Crippen molar-refractivity contribution in [1.29, 1.82) is 0 Å². The lowest BCUT2D eigenvalue weighted by Gasteiger charge is -2.33. The average Bonchev–Trinajstić information content (AvgIpc) is 3.17. The Balaban J connectivity index is 1.54. The van der Waals surface area contributed by atoms with Gasteiger partial charge in [0.05, 0.1) is 5.52 Å². The molecule has 138 valence electrons. The van der Waals surface area contributed by atoms with Crippen LogP contribution in [0.2, 0.25) is 0 Å². The van der Waals surface area contributed by atoms with E-state index in [2.05, 4.69) is 0 Å². The van der Waals surface area contributed by atoms with Crippen LogP contribution in [0.3, 0.4) is 0 Å². The standard InChI is InChI=1S/C19H22N2O5/c22-17(9-10-20-14-7-3-4-8-16(14)26-19(20)25)21-13-6-2-1-5-12(13)11-15(21)18(23)24/h3-4,7-8,12-13,15H,1-2,5-6,9-11H2,(H,23,24)/t12-,13-,15-/m0/s1. The molecule has 1 saturated heterocycles. The minimum Gasteiger partial charge on any atom is -0.480 e. The number of hydrogen-bond acceptors (Lipinski definition) is 4. The number of oxazole rings is 1. The number of fused-ring (bicyclic) bond motifs is 2. The van der Waals surface area contributed by atoms with E-state index >= 15 is 0 Å². The predicted octanol–water partition coefficient (Wildman–Crippen LogP) is 2.23. The number of nitrogens with zero attached hydrogens (tertiary/aromatic N) is 2. The molecule has 26 heavy (non-hydrogen) atoms. The van der Waals surface area contributed by atoms with Crippen molar-refractivity contribution in [2.75, 3.05) is 0 Å². The number of aryl methyl sites for hydroxylation is 1. The summed E-state index contributed by atoms with van der Waals surface area (Å²) in [5.41, 5.74) is 1.14. The molecule has 3 atom stereocenters. The normalized spacial score (nSPS) is 25.4. The summed E-state index contributed by atoms with van der Waals surface area (Å²) in [4.78, 5) is 38.2. The molecule has 1 aromatic heterocycles. The van der Waals surface area contributed by atoms with Crippen LogP contribution in [-0.2, 0) is 16.1 Å². The summed E-state index contributed by atoms with van der Waals surface area (Å²) in [5.74, 6) is -1.33. The molecule has 0 radical (unpaired) electrons. The Morgan fingerprint density at radius 1 is 1.19 bits per heavy atom. The summed E-state index contributed by atoms with van der Waals surface area (Å²) in [6.07, 6.45) is 4.63. The molecule has 1 N–H and O–H groups in total. The number of aliphatic carboxylic acids is 1. The van der Waals surface area contributed by atoms with Crippen molar-refractivity contribution in [3.05, 3.63) is 34.8 Å². The molecule has 7 heteroatoms. The number of carboxylic acid groups (broad SMARTS) is 1. The summed E-state index contributed by atoms with van der Waals surface area (Å²) in [7, 11) is 0. The second kappa shape index (κ2) is 6.63. The lowest BCUT2D eigenvalue weighted by atomic mass is 9.84. The summed E-state index contributed by atoms with van der Waals surface area (Å²) < 4.78 is 6.63. The van der Waals surface area contributed by atoms with Gasteiger partial charge < -0.3 is 14.4 Å². The monoisotopic (exact) mass is 358 g/mol. The SMILES string of the molecule is O=C(O)[C@@H]1C[C@@H]2CCCC[C@@H]2N1C(=O)CCn1c(=O)oc2ccccc21. The van der Waals surface area contributed by atoms with Crippen LogP contribution in [0.5, 0.6) is 0 Å². The molecule has 1 aliphatic heterocycles. The van der Waals surface area contributed by atoms with E-state index in [1.54, 1.807) is 23.1 Å². The fourth-order valence-electron chi connectivity index (χ4n) is 4.60. The van der Waals surface area contributed by atoms with Gasteiger partial charge in [-0.1, -0.05) is 25.0 Å². The highest BCUT2D eigenvalue weighted by Gasteiger charge is 2.47. The number of benzene rings is 1. The highest BCUT2D eigenvalue weighted by molar-refractivity contribution is 5.85. The van der Waals surface area contributed by atoms with Crippen molar-refractivity contribution < 1.29 is 19.1 Å². The van der Waals surface area contributed by atoms with E-state index in [4.69, 9.17) is 4.42 Å². The van der Waals surface area contributed by atoms with Crippen LogP contribution in [0.4, 0.5) is 0 Å². The maximum absolute atomic E-state index is 12.9. The van der Waals surface area contributed by atoms with Crippen molar-refractivity contribution in [2.45, 2.75) is 57.2 Å². The quantitative estimate of drug-likeness (QED) is 0.905. The van der Waals surface area contributed by atoms with E-state index in [0.29, 0.717) is 17.5 Å². The van der Waals surface area contributed by atoms with Gasteiger partial charge in [0.2, 0.25) is 5.91 Å². The van der Waals surface area contributed by atoms with Gasteiger partial charge in [-0.3, -0.25) is 9.36 Å². The molecule has 2 heterocycles. The molecule has 1 aromatic carbocycles. The summed E-state index contributed by atoms with van der Waals surface area (Å²) in [5, 5.41) is 9.55. The lowest BCUT2D eigenvalue weighted by Crippen LogP contribution is -2.46. The van der Waals surface area contributed by atoms with Crippen LogP contribution in [0.1, 0.15) is 38.5 Å². The van der Waals surface area contributed by atoms with Crippen LogP contribution >= 0.6 is 0 Å². The maximum Gasteiger partial charge on any atom is 0.419 e. The van der Waals surface area contributed by atoms with Gasteiger partial charge >= 0.3 is 11.7 Å². The molecule has 2 fully saturated rings. The van der Waals surface area contributed by atoms with Gasteiger partial charge in [0.1, 0.15) is 6.04 Å². The van der Waals surface area contributed by atoms with E-state index in [9.17, 15) is 19.5 Å². The fraction of sp³-hybridized carbons (Fsp3) is 0.526. The van der Waals surface area contributed by atoms with Crippen LogP contribution in [0, 0.1) is 5.92 Å². The Morgan fingerprint density at radius 2 is 1.96 bits per heavy atom. The Morgan fingerprint density at radius 3 is 2.77 bits per heavy atom. The van der Waals surface area contributed by atoms with Gasteiger partial charge in [-0.2, -0.15) is 0 Å². The number of carboxylic acids is 1. The molecule has 4 rings (SSSR count). The number of amides is 1. The molecule has 1 saturated carbocycles. The van der Waals surface area contributed by atoms with Crippen molar-refractivity contribution in [3.8, 4) is 0 Å². The number of hydrogen-bond donors (Lipinski definition) is 1. The highest BCUT2D eigenvalue weighted by Crippen LogP contribution is 2.40. The first-order chi connectivity index (χ1) is 12.6. The second-order valence-corrected chi connectivity index (χ2v) is 7.24. The molecule has 7 nitrogen and oxygen atoms in total. The minimum atomic E-state index is -0.932. The largest absolute Gasteiger partial charge is 0.480 e. The fourth-order valence-corrected chi connectivity index (χ4v) is 4.60. The first kappa shape index (κ1) is 16.9. The minimum absolute atomic E-state index is 0.0233. The molecule has 0 unspecified atom stereocenters. The maximum atomic E-state index is 12.9. The van der Waals surface area contributed by atoms with E-state index in [1.807, 2.05) is 6.07 Å². The number of rotatable bonds is 4. The Hall–Kier alpha value is -2.57. The number of aromatic nitrogens is 1. The Bertz CT molecular complexity index is 899. The molecular weight excluding hydrogens is 336 g/mol. The predicted molar refractivity (Wildman–Crippen MR) is 93.7 cm³/mol. The zero-order valence-electron chi connectivity index (χ0n) is 14.5. The zero-order chi connectivity index (χ0) is 18.3. The molecule has 2 aliphatic rings. The summed E-state index contributed by atoms with van der Waals surface area (Å²) in [6, 6.07) is 6.36. The van der Waals surface area contributed by atoms with Gasteiger partial charge in [0.25, 0.3) is 0 Å². The van der Waals surface area contributed by atoms with Gasteiger partial charge in [-0.15, -0.1) is 0 Å². The average molecular weight is 358 g/mol. The van der Waals surface area contributed by atoms with Gasteiger partial charge in [-0.25, -0.2) is 9.59 Å². The van der Waals surface area contributed by atoms with Crippen molar-refractivity contribution in [2.24, 2.45) is 5.92 Å². The molecule has 1 aliphatic carbocycles. The third-order valence-electron chi connectivity index (χ3n) is 5.78. The van der Waals surface area contributed by atoms with Crippen molar-refractivity contribution in [1.82, 2.24) is 9.47 Å². The van der Waals surface area contributed by atoms with Crippen molar-refractivity contribution in [3.63, 3.8) is 0 Å². The third kappa shape index (κ3) is 2.81. The van der Waals surface area contributed by atoms with Gasteiger partial charge in [0.15, 0.2) is 5.58 Å². The highest BCUT2D eigenvalue weighted by atomic mass is 16.4. The molecule has 0 spiro atoms. The molecule has 2 aromatic rings. The molecule has 1 amide bonds. The summed E-state index contributed by atoms with van der Waals surface area (Å²) >= 11 is 0. The van der Waals surface area contributed by atoms with Crippen LogP contribution in [0.25, 0.3) is 11.1 Å². The number of para-hydroxylation sites is 2. The van der Waals surface area contributed by atoms with Crippen LogP contribution in [0.15, 0.2) is 33.5 Å². The molecule has 0 bridgehead atoms. The number of likely N-dealkylation sites (tertiary alicyclic amines) is 1. The molecular formula is C19H22N2O5. The number of carbonyl (C=O) groups is 2. The first-order valence-electron chi connectivity index (χ1n) is 9.18. The van der Waals surface area contributed by atoms with E-state index in [-0.39, 0.29) is 30.8 Å². The van der Waals surface area contributed by atoms with E-state index in [1.165, 1.54) is 4.57 Å². The second-order valence-electron chi connectivity index (χ2n) is 7.24. The Kier molecular flexibility index (Phi) is 4.30. The van der Waals surface area contributed by atoms with E-state index < -0.39 is 17.8 Å². The first-order valence-corrected chi connectivity index (χ1v) is 9.18.